The van der Waals surface area contributed by atoms with E-state index in [1.807, 2.05) is 0 Å². The first-order valence-corrected chi connectivity index (χ1v) is 9.75. The van der Waals surface area contributed by atoms with Crippen LogP contribution in [0.5, 0.6) is 0 Å². The molecule has 2 amide bonds. The van der Waals surface area contributed by atoms with E-state index in [2.05, 4.69) is 25.6 Å². The molecular weight excluding hydrogens is 384 g/mol. The summed E-state index contributed by atoms with van der Waals surface area (Å²) in [6, 6.07) is 0. The molecule has 0 bridgehead atoms. The van der Waals surface area contributed by atoms with Gasteiger partial charge >= 0.3 is 0 Å². The largest absolute Gasteiger partial charge is 0.383 e. The zero-order valence-corrected chi connectivity index (χ0v) is 16.9. The Kier molecular flexibility index (Phi) is 6.60. The lowest BCUT2D eigenvalue weighted by Crippen LogP contribution is -2.28. The minimum atomic E-state index is -0.385. The van der Waals surface area contributed by atoms with Crippen molar-refractivity contribution in [3.63, 3.8) is 0 Å². The van der Waals surface area contributed by atoms with Crippen molar-refractivity contribution >= 4 is 34.0 Å². The van der Waals surface area contributed by atoms with Crippen LogP contribution in [0.2, 0.25) is 0 Å². The number of nitrogens with one attached hydrogen (secondary N) is 2. The number of thiazole rings is 1. The Morgan fingerprint density at radius 1 is 1.36 bits per heavy atom. The Hall–Kier alpha value is -2.50. The van der Waals surface area contributed by atoms with E-state index in [1.54, 1.807) is 32.8 Å². The van der Waals surface area contributed by atoms with Gasteiger partial charge in [0.05, 0.1) is 18.4 Å². The molecule has 152 valence electrons. The molecule has 0 unspecified atom stereocenters. The van der Waals surface area contributed by atoms with Gasteiger partial charge < -0.3 is 25.0 Å². The molecule has 2 aromatic heterocycles. The molecule has 1 saturated heterocycles. The number of hydrogen-bond donors (Lipinski definition) is 2. The first kappa shape index (κ1) is 20.2. The average Bonchev–Trinajstić information content (AvgIpc) is 3.40. The molecular formula is C17H24N6O4S. The highest BCUT2D eigenvalue weighted by atomic mass is 32.1. The lowest BCUT2D eigenvalue weighted by atomic mass is 10.3. The number of rotatable bonds is 8. The molecule has 0 aromatic carbocycles. The number of nitrogens with zero attached hydrogens (tertiary/aromatic N) is 4. The van der Waals surface area contributed by atoms with E-state index in [9.17, 15) is 9.59 Å². The fraction of sp³-hybridized carbons (Fsp3) is 0.529. The van der Waals surface area contributed by atoms with Gasteiger partial charge in [0.15, 0.2) is 10.8 Å². The smallest absolute Gasteiger partial charge is 0.275 e. The maximum atomic E-state index is 12.6. The van der Waals surface area contributed by atoms with Crippen molar-refractivity contribution in [3.05, 3.63) is 23.0 Å². The van der Waals surface area contributed by atoms with E-state index in [0.717, 1.165) is 24.6 Å². The van der Waals surface area contributed by atoms with Crippen LogP contribution in [0.15, 0.2) is 11.6 Å². The molecule has 0 saturated carbocycles. The summed E-state index contributed by atoms with van der Waals surface area (Å²) in [7, 11) is 4.94. The van der Waals surface area contributed by atoms with Crippen LogP contribution in [0.1, 0.15) is 27.4 Å². The standard InChI is InChI=1S/C17H24N6O4S/c1-22-9-12(14(21-22)16(25)18-5-7-26-2)19-15(24)13-10-28-17(20-13)23-6-4-11(8-23)27-3/h9-11H,4-8H2,1-3H3,(H,18,25)(H,19,24)/t11-/m0/s1. The van der Waals surface area contributed by atoms with Crippen LogP contribution in [0.25, 0.3) is 0 Å². The van der Waals surface area contributed by atoms with E-state index in [1.165, 1.54) is 16.0 Å². The Balaban J connectivity index is 1.66. The predicted octanol–water partition coefficient (Wildman–Crippen LogP) is 0.730. The van der Waals surface area contributed by atoms with Gasteiger partial charge in [0.2, 0.25) is 0 Å². The van der Waals surface area contributed by atoms with Crippen molar-refractivity contribution in [1.29, 1.82) is 0 Å². The van der Waals surface area contributed by atoms with E-state index < -0.39 is 0 Å². The van der Waals surface area contributed by atoms with Crippen LogP contribution >= 0.6 is 11.3 Å². The third-order valence-electron chi connectivity index (χ3n) is 4.36. The Labute approximate surface area is 166 Å². The topological polar surface area (TPSA) is 111 Å². The van der Waals surface area contributed by atoms with Gasteiger partial charge in [-0.1, -0.05) is 0 Å². The first-order chi connectivity index (χ1) is 13.5. The number of methoxy groups -OCH3 is 2. The van der Waals surface area contributed by atoms with Crippen LogP contribution in [0, 0.1) is 0 Å². The van der Waals surface area contributed by atoms with Crippen LogP contribution < -0.4 is 15.5 Å². The second-order valence-corrected chi connectivity index (χ2v) is 7.21. The number of aryl methyl sites for hydroxylation is 1. The molecule has 11 heteroatoms. The number of hydrogen-bond acceptors (Lipinski definition) is 8. The van der Waals surface area contributed by atoms with Gasteiger partial charge in [0, 0.05) is 52.5 Å². The van der Waals surface area contributed by atoms with Crippen LogP contribution in [-0.4, -0.2) is 73.1 Å². The van der Waals surface area contributed by atoms with Gasteiger partial charge in [-0.2, -0.15) is 5.10 Å². The number of carbonyl (C=O) groups is 2. The molecule has 1 aliphatic rings. The first-order valence-electron chi connectivity index (χ1n) is 8.87. The molecule has 1 atom stereocenters. The molecule has 3 rings (SSSR count). The molecule has 2 aromatic rings. The number of ether oxygens (including phenoxy) is 2. The van der Waals surface area contributed by atoms with Gasteiger partial charge in [-0.15, -0.1) is 11.3 Å². The van der Waals surface area contributed by atoms with E-state index in [0.29, 0.717) is 24.5 Å². The molecule has 10 nitrogen and oxygen atoms in total. The summed E-state index contributed by atoms with van der Waals surface area (Å²) in [4.78, 5) is 31.4. The molecule has 3 heterocycles. The van der Waals surface area contributed by atoms with Crippen LogP contribution in [0.3, 0.4) is 0 Å². The predicted molar refractivity (Wildman–Crippen MR) is 105 cm³/mol. The van der Waals surface area contributed by atoms with Crippen molar-refractivity contribution in [2.45, 2.75) is 12.5 Å². The van der Waals surface area contributed by atoms with Crippen molar-refractivity contribution in [1.82, 2.24) is 20.1 Å². The van der Waals surface area contributed by atoms with E-state index in [-0.39, 0.29) is 23.6 Å². The van der Waals surface area contributed by atoms with E-state index >= 15 is 0 Å². The van der Waals surface area contributed by atoms with E-state index in [4.69, 9.17) is 9.47 Å². The van der Waals surface area contributed by atoms with Crippen molar-refractivity contribution in [2.75, 3.05) is 50.7 Å². The second kappa shape index (κ2) is 9.13. The molecule has 1 fully saturated rings. The zero-order chi connectivity index (χ0) is 20.1. The normalized spacial score (nSPS) is 16.4. The lowest BCUT2D eigenvalue weighted by Gasteiger charge is -2.13. The van der Waals surface area contributed by atoms with Gasteiger partial charge in [-0.05, 0) is 6.42 Å². The highest BCUT2D eigenvalue weighted by Gasteiger charge is 2.25. The molecule has 0 spiro atoms. The molecule has 0 aliphatic carbocycles. The number of aromatic nitrogens is 3. The Morgan fingerprint density at radius 2 is 2.18 bits per heavy atom. The summed E-state index contributed by atoms with van der Waals surface area (Å²) in [6.07, 6.45) is 2.71. The summed E-state index contributed by atoms with van der Waals surface area (Å²) in [6.45, 7) is 2.36. The third-order valence-corrected chi connectivity index (χ3v) is 5.26. The quantitative estimate of drug-likeness (QED) is 0.620. The van der Waals surface area contributed by atoms with Crippen LogP contribution in [0.4, 0.5) is 10.8 Å². The number of carbonyl (C=O) groups excluding carboxylic acids is 2. The maximum absolute atomic E-state index is 12.6. The lowest BCUT2D eigenvalue weighted by molar-refractivity contribution is 0.0932. The molecule has 1 aliphatic heterocycles. The highest BCUT2D eigenvalue weighted by Crippen LogP contribution is 2.26. The van der Waals surface area contributed by atoms with Gasteiger partial charge in [0.25, 0.3) is 11.8 Å². The monoisotopic (exact) mass is 408 g/mol. The van der Waals surface area contributed by atoms with Crippen molar-refractivity contribution < 1.29 is 19.1 Å². The highest BCUT2D eigenvalue weighted by molar-refractivity contribution is 7.14. The fourth-order valence-corrected chi connectivity index (χ4v) is 3.74. The third kappa shape index (κ3) is 4.66. The SMILES string of the molecule is COCCNC(=O)c1nn(C)cc1NC(=O)c1csc(N2CC[C@H](OC)C2)n1. The summed E-state index contributed by atoms with van der Waals surface area (Å²) in [5.41, 5.74) is 0.776. The summed E-state index contributed by atoms with van der Waals surface area (Å²) in [5.74, 6) is -0.765. The zero-order valence-electron chi connectivity index (χ0n) is 16.1. The Morgan fingerprint density at radius 3 is 2.89 bits per heavy atom. The van der Waals surface area contributed by atoms with Gasteiger partial charge in [0.1, 0.15) is 5.69 Å². The molecule has 2 N–H and O–H groups in total. The average molecular weight is 408 g/mol. The maximum Gasteiger partial charge on any atom is 0.275 e. The van der Waals surface area contributed by atoms with Gasteiger partial charge in [-0.25, -0.2) is 4.98 Å². The number of anilines is 2. The number of amides is 2. The van der Waals surface area contributed by atoms with Crippen LogP contribution in [-0.2, 0) is 16.5 Å². The fourth-order valence-electron chi connectivity index (χ4n) is 2.89. The minimum Gasteiger partial charge on any atom is -0.383 e. The van der Waals surface area contributed by atoms with Gasteiger partial charge in [-0.3, -0.25) is 14.3 Å². The minimum absolute atomic E-state index is 0.143. The second-order valence-electron chi connectivity index (χ2n) is 6.38. The summed E-state index contributed by atoms with van der Waals surface area (Å²) in [5, 5.41) is 12.0. The Bertz CT molecular complexity index is 835. The van der Waals surface area contributed by atoms with Crippen molar-refractivity contribution in [3.8, 4) is 0 Å². The molecule has 0 radical (unpaired) electrons. The summed E-state index contributed by atoms with van der Waals surface area (Å²) >= 11 is 1.41. The van der Waals surface area contributed by atoms with Crippen molar-refractivity contribution in [2.24, 2.45) is 7.05 Å². The molecule has 28 heavy (non-hydrogen) atoms. The summed E-state index contributed by atoms with van der Waals surface area (Å²) < 4.78 is 11.8.